The summed E-state index contributed by atoms with van der Waals surface area (Å²) in [7, 11) is -3.97. The standard InChI is InChI=1S/C10H14F3N3O3S/c1-2-15-6-8(5-14-15)20(17,18)16-3-4-19-9(7-16)10(11,12)13/h5-6,9H,2-4,7H2,1H3. The predicted octanol–water partition coefficient (Wildman–Crippen LogP) is 0.855. The van der Waals surface area contributed by atoms with Gasteiger partial charge in [-0.15, -0.1) is 0 Å². The van der Waals surface area contributed by atoms with Crippen molar-refractivity contribution in [2.24, 2.45) is 0 Å². The molecule has 0 aromatic carbocycles. The molecule has 1 aliphatic rings. The molecule has 1 unspecified atom stereocenters. The summed E-state index contributed by atoms with van der Waals surface area (Å²) < 4.78 is 69.0. The average Bonchev–Trinajstić information content (AvgIpc) is 2.87. The lowest BCUT2D eigenvalue weighted by molar-refractivity contribution is -0.231. The van der Waals surface area contributed by atoms with Gasteiger partial charge in [0.05, 0.1) is 12.8 Å². The van der Waals surface area contributed by atoms with E-state index < -0.39 is 28.8 Å². The van der Waals surface area contributed by atoms with Gasteiger partial charge in [0.15, 0.2) is 6.10 Å². The van der Waals surface area contributed by atoms with Gasteiger partial charge in [-0.2, -0.15) is 22.6 Å². The van der Waals surface area contributed by atoms with Crippen LogP contribution in [0.4, 0.5) is 13.2 Å². The number of hydrogen-bond donors (Lipinski definition) is 0. The molecule has 6 nitrogen and oxygen atoms in total. The van der Waals surface area contributed by atoms with Crippen molar-refractivity contribution in [3.05, 3.63) is 12.4 Å². The quantitative estimate of drug-likeness (QED) is 0.830. The van der Waals surface area contributed by atoms with Gasteiger partial charge in [-0.25, -0.2) is 8.42 Å². The third-order valence-electron chi connectivity index (χ3n) is 2.97. The first-order valence-electron chi connectivity index (χ1n) is 5.96. The van der Waals surface area contributed by atoms with E-state index in [4.69, 9.17) is 0 Å². The van der Waals surface area contributed by atoms with Crippen molar-refractivity contribution < 1.29 is 26.3 Å². The van der Waals surface area contributed by atoms with Crippen LogP contribution in [-0.2, 0) is 21.3 Å². The van der Waals surface area contributed by atoms with Crippen LogP contribution in [0.3, 0.4) is 0 Å². The lowest BCUT2D eigenvalue weighted by atomic mass is 10.3. The molecule has 1 aromatic heterocycles. The molecule has 0 saturated carbocycles. The van der Waals surface area contributed by atoms with Gasteiger partial charge in [0.1, 0.15) is 4.90 Å². The monoisotopic (exact) mass is 313 g/mol. The number of aromatic nitrogens is 2. The van der Waals surface area contributed by atoms with Gasteiger partial charge in [0.2, 0.25) is 10.0 Å². The Balaban J connectivity index is 2.21. The minimum atomic E-state index is -4.58. The SMILES string of the molecule is CCn1cc(S(=O)(=O)N2CCOC(C(F)(F)F)C2)cn1. The molecule has 0 bridgehead atoms. The summed E-state index contributed by atoms with van der Waals surface area (Å²) in [5.74, 6) is 0. The summed E-state index contributed by atoms with van der Waals surface area (Å²) >= 11 is 0. The molecule has 10 heteroatoms. The van der Waals surface area contributed by atoms with Crippen LogP contribution in [0.1, 0.15) is 6.92 Å². The first-order chi connectivity index (χ1) is 9.25. The van der Waals surface area contributed by atoms with Gasteiger partial charge in [-0.1, -0.05) is 0 Å². The van der Waals surface area contributed by atoms with E-state index in [-0.39, 0.29) is 18.0 Å². The molecular formula is C10H14F3N3O3S. The zero-order valence-electron chi connectivity index (χ0n) is 10.7. The number of hydrogen-bond acceptors (Lipinski definition) is 4. The van der Waals surface area contributed by atoms with Crippen LogP contribution in [-0.4, -0.2) is 54.5 Å². The molecular weight excluding hydrogens is 299 g/mol. The minimum Gasteiger partial charge on any atom is -0.366 e. The predicted molar refractivity (Wildman–Crippen MR) is 62.5 cm³/mol. The van der Waals surface area contributed by atoms with Gasteiger partial charge >= 0.3 is 6.18 Å². The molecule has 1 fully saturated rings. The summed E-state index contributed by atoms with van der Waals surface area (Å²) in [6.07, 6.45) is -4.24. The van der Waals surface area contributed by atoms with Crippen molar-refractivity contribution in [2.75, 3.05) is 19.7 Å². The van der Waals surface area contributed by atoms with E-state index >= 15 is 0 Å². The fourth-order valence-corrected chi connectivity index (χ4v) is 3.22. The van der Waals surface area contributed by atoms with E-state index in [0.717, 1.165) is 10.5 Å². The molecule has 0 radical (unpaired) electrons. The highest BCUT2D eigenvalue weighted by Gasteiger charge is 2.45. The molecule has 2 rings (SSSR count). The molecule has 1 atom stereocenters. The van der Waals surface area contributed by atoms with E-state index in [0.29, 0.717) is 6.54 Å². The number of halogens is 3. The van der Waals surface area contributed by atoms with Crippen molar-refractivity contribution in [3.63, 3.8) is 0 Å². The third-order valence-corrected chi connectivity index (χ3v) is 4.78. The number of nitrogens with zero attached hydrogens (tertiary/aromatic N) is 3. The number of aryl methyl sites for hydroxylation is 1. The third kappa shape index (κ3) is 2.96. The number of alkyl halides is 3. The molecule has 1 aromatic rings. The van der Waals surface area contributed by atoms with Crippen LogP contribution in [0.15, 0.2) is 17.3 Å². The first kappa shape index (κ1) is 15.3. The first-order valence-corrected chi connectivity index (χ1v) is 7.40. The van der Waals surface area contributed by atoms with Crippen molar-refractivity contribution in [2.45, 2.75) is 30.6 Å². The topological polar surface area (TPSA) is 64.4 Å². The molecule has 114 valence electrons. The van der Waals surface area contributed by atoms with Gasteiger partial charge in [0.25, 0.3) is 0 Å². The maximum atomic E-state index is 12.6. The summed E-state index contributed by atoms with van der Waals surface area (Å²) in [6, 6.07) is 0. The highest BCUT2D eigenvalue weighted by Crippen LogP contribution is 2.28. The van der Waals surface area contributed by atoms with Crippen LogP contribution in [0, 0.1) is 0 Å². The Kier molecular flexibility index (Phi) is 4.07. The Morgan fingerprint density at radius 3 is 2.75 bits per heavy atom. The van der Waals surface area contributed by atoms with Crippen LogP contribution in [0.25, 0.3) is 0 Å². The maximum absolute atomic E-state index is 12.6. The van der Waals surface area contributed by atoms with E-state index in [1.807, 2.05) is 0 Å². The van der Waals surface area contributed by atoms with Gasteiger partial charge in [0, 0.05) is 25.8 Å². The fourth-order valence-electron chi connectivity index (χ4n) is 1.84. The molecule has 0 spiro atoms. The maximum Gasteiger partial charge on any atom is 0.415 e. The Morgan fingerprint density at radius 1 is 1.50 bits per heavy atom. The highest BCUT2D eigenvalue weighted by atomic mass is 32.2. The molecule has 1 saturated heterocycles. The molecule has 1 aliphatic heterocycles. The van der Waals surface area contributed by atoms with E-state index in [2.05, 4.69) is 9.84 Å². The largest absolute Gasteiger partial charge is 0.415 e. The average molecular weight is 313 g/mol. The Labute approximate surface area is 114 Å². The second kappa shape index (κ2) is 5.34. The summed E-state index contributed by atoms with van der Waals surface area (Å²) in [4.78, 5) is -0.109. The van der Waals surface area contributed by atoms with E-state index in [1.165, 1.54) is 10.9 Å². The Hall–Kier alpha value is -1.13. The van der Waals surface area contributed by atoms with E-state index in [1.54, 1.807) is 6.92 Å². The van der Waals surface area contributed by atoms with E-state index in [9.17, 15) is 21.6 Å². The normalized spacial score (nSPS) is 22.1. The number of sulfonamides is 1. The second-order valence-corrected chi connectivity index (χ2v) is 6.23. The minimum absolute atomic E-state index is 0.105. The summed E-state index contributed by atoms with van der Waals surface area (Å²) in [5.41, 5.74) is 0. The number of morpholine rings is 1. The summed E-state index contributed by atoms with van der Waals surface area (Å²) in [5, 5.41) is 3.82. The van der Waals surface area contributed by atoms with Crippen LogP contribution < -0.4 is 0 Å². The lowest BCUT2D eigenvalue weighted by Gasteiger charge is -2.32. The molecule has 20 heavy (non-hydrogen) atoms. The number of rotatable bonds is 3. The zero-order valence-corrected chi connectivity index (χ0v) is 11.5. The second-order valence-electron chi connectivity index (χ2n) is 4.30. The molecule has 0 amide bonds. The smallest absolute Gasteiger partial charge is 0.366 e. The van der Waals surface area contributed by atoms with Gasteiger partial charge in [-0.05, 0) is 6.92 Å². The molecule has 0 aliphatic carbocycles. The zero-order chi connectivity index (χ0) is 15.0. The van der Waals surface area contributed by atoms with Crippen LogP contribution in [0.5, 0.6) is 0 Å². The van der Waals surface area contributed by atoms with Gasteiger partial charge < -0.3 is 4.74 Å². The highest BCUT2D eigenvalue weighted by molar-refractivity contribution is 7.89. The Bertz CT molecular complexity index is 570. The van der Waals surface area contributed by atoms with Crippen molar-refractivity contribution in [1.29, 1.82) is 0 Å². The molecule has 0 N–H and O–H groups in total. The molecule has 2 heterocycles. The van der Waals surface area contributed by atoms with Crippen molar-refractivity contribution >= 4 is 10.0 Å². The number of ether oxygens (including phenoxy) is 1. The van der Waals surface area contributed by atoms with Crippen LogP contribution >= 0.6 is 0 Å². The fraction of sp³-hybridized carbons (Fsp3) is 0.700. The summed E-state index contributed by atoms with van der Waals surface area (Å²) in [6.45, 7) is 1.13. The van der Waals surface area contributed by atoms with Gasteiger partial charge in [-0.3, -0.25) is 4.68 Å². The van der Waals surface area contributed by atoms with Crippen molar-refractivity contribution in [1.82, 2.24) is 14.1 Å². The lowest BCUT2D eigenvalue weighted by Crippen LogP contribution is -2.50. The van der Waals surface area contributed by atoms with Crippen LogP contribution in [0.2, 0.25) is 0 Å². The Morgan fingerprint density at radius 2 is 2.20 bits per heavy atom. The van der Waals surface area contributed by atoms with Crippen molar-refractivity contribution in [3.8, 4) is 0 Å².